The zero-order valence-electron chi connectivity index (χ0n) is 13.9. The fourth-order valence-corrected chi connectivity index (χ4v) is 1.77. The van der Waals surface area contributed by atoms with Gasteiger partial charge in [0.2, 0.25) is 0 Å². The molecule has 0 radical (unpaired) electrons. The molecule has 3 N–H and O–H groups in total. The number of nitrogens with two attached hydrogens (primary N) is 1. The highest BCUT2D eigenvalue weighted by Gasteiger charge is 2.20. The largest absolute Gasteiger partial charge is 0.383 e. The summed E-state index contributed by atoms with van der Waals surface area (Å²) in [4.78, 5) is 11.2. The van der Waals surface area contributed by atoms with Crippen LogP contribution >= 0.6 is 0 Å². The van der Waals surface area contributed by atoms with Crippen LogP contribution < -0.4 is 11.1 Å². The van der Waals surface area contributed by atoms with E-state index in [4.69, 9.17) is 5.73 Å². The monoisotopic (exact) mass is 279 g/mol. The van der Waals surface area contributed by atoms with E-state index in [1.807, 2.05) is 6.92 Å². The van der Waals surface area contributed by atoms with Crippen molar-refractivity contribution in [1.29, 1.82) is 0 Å². The van der Waals surface area contributed by atoms with Crippen molar-refractivity contribution < 1.29 is 0 Å². The Balaban J connectivity index is 2.91. The Hall–Kier alpha value is -1.36. The topological polar surface area (TPSA) is 67.1 Å². The van der Waals surface area contributed by atoms with Gasteiger partial charge in [0, 0.05) is 17.0 Å². The maximum Gasteiger partial charge on any atom is 0.138 e. The van der Waals surface area contributed by atoms with E-state index in [9.17, 15) is 0 Å². The predicted octanol–water partition coefficient (Wildman–Crippen LogP) is 2.42. The molecule has 5 nitrogen and oxygen atoms in total. The summed E-state index contributed by atoms with van der Waals surface area (Å²) in [5.74, 6) is 2.20. The second-order valence-corrected chi connectivity index (χ2v) is 6.79. The van der Waals surface area contributed by atoms with Gasteiger partial charge in [0.05, 0.1) is 0 Å². The molecular formula is C15H29N5. The van der Waals surface area contributed by atoms with Crippen molar-refractivity contribution in [2.24, 2.45) is 0 Å². The summed E-state index contributed by atoms with van der Waals surface area (Å²) in [5.41, 5.74) is 6.84. The normalized spacial score (nSPS) is 13.6. The van der Waals surface area contributed by atoms with Gasteiger partial charge < -0.3 is 16.0 Å². The third-order valence-corrected chi connectivity index (χ3v) is 3.25. The molecule has 0 bridgehead atoms. The van der Waals surface area contributed by atoms with Crippen molar-refractivity contribution in [2.75, 3.05) is 31.7 Å². The lowest BCUT2D eigenvalue weighted by Crippen LogP contribution is -2.25. The number of anilines is 2. The van der Waals surface area contributed by atoms with Gasteiger partial charge in [-0.05, 0) is 40.9 Å². The zero-order valence-corrected chi connectivity index (χ0v) is 13.9. The van der Waals surface area contributed by atoms with Crippen LogP contribution in [0.1, 0.15) is 45.5 Å². The van der Waals surface area contributed by atoms with Crippen LogP contribution in [-0.2, 0) is 5.41 Å². The van der Waals surface area contributed by atoms with Gasteiger partial charge in [0.15, 0.2) is 0 Å². The average Bonchev–Trinajstić information content (AvgIpc) is 2.30. The maximum absolute atomic E-state index is 6.02. The summed E-state index contributed by atoms with van der Waals surface area (Å²) in [6, 6.07) is 0.346. The minimum Gasteiger partial charge on any atom is -0.383 e. The summed E-state index contributed by atoms with van der Waals surface area (Å²) in [6.07, 6.45) is 1.06. The smallest absolute Gasteiger partial charge is 0.138 e. The Labute approximate surface area is 123 Å². The molecule has 114 valence electrons. The van der Waals surface area contributed by atoms with E-state index in [1.165, 1.54) is 0 Å². The Bertz CT molecular complexity index is 448. The average molecular weight is 279 g/mol. The first-order valence-corrected chi connectivity index (χ1v) is 7.17. The molecule has 5 heteroatoms. The fraction of sp³-hybridized carbons (Fsp3) is 0.733. The molecule has 20 heavy (non-hydrogen) atoms. The number of nitrogens with one attached hydrogen (secondary N) is 1. The highest BCUT2D eigenvalue weighted by atomic mass is 15.1. The van der Waals surface area contributed by atoms with E-state index in [2.05, 4.69) is 62.0 Å². The Morgan fingerprint density at radius 3 is 2.35 bits per heavy atom. The lowest BCUT2D eigenvalue weighted by atomic mass is 9.95. The van der Waals surface area contributed by atoms with Gasteiger partial charge in [-0.3, -0.25) is 0 Å². The van der Waals surface area contributed by atoms with E-state index in [0.29, 0.717) is 11.9 Å². The number of nitrogens with zero attached hydrogens (tertiary/aromatic N) is 3. The number of aromatic nitrogens is 2. The van der Waals surface area contributed by atoms with E-state index >= 15 is 0 Å². The van der Waals surface area contributed by atoms with Gasteiger partial charge in [-0.2, -0.15) is 0 Å². The summed E-state index contributed by atoms with van der Waals surface area (Å²) >= 11 is 0. The summed E-state index contributed by atoms with van der Waals surface area (Å²) < 4.78 is 0. The van der Waals surface area contributed by atoms with E-state index in [1.54, 1.807) is 0 Å². The van der Waals surface area contributed by atoms with E-state index < -0.39 is 0 Å². The number of nitrogen functional groups attached to an aromatic ring is 1. The number of hydrogen-bond acceptors (Lipinski definition) is 5. The number of hydrogen-bond donors (Lipinski definition) is 2. The van der Waals surface area contributed by atoms with Crippen LogP contribution in [-0.4, -0.2) is 41.5 Å². The SMILES string of the molecule is Cc1c(N)nc(C(C)(C)C)nc1NC(C)CCN(C)C. The van der Waals surface area contributed by atoms with Crippen molar-refractivity contribution in [3.8, 4) is 0 Å². The Morgan fingerprint density at radius 2 is 1.85 bits per heavy atom. The van der Waals surface area contributed by atoms with Gasteiger partial charge in [0.1, 0.15) is 17.5 Å². The minimum absolute atomic E-state index is 0.106. The molecule has 0 aliphatic rings. The van der Waals surface area contributed by atoms with Crippen LogP contribution in [0.5, 0.6) is 0 Å². The maximum atomic E-state index is 6.02. The predicted molar refractivity (Wildman–Crippen MR) is 86.1 cm³/mol. The van der Waals surface area contributed by atoms with Gasteiger partial charge >= 0.3 is 0 Å². The molecule has 0 aliphatic heterocycles. The first kappa shape index (κ1) is 16.7. The van der Waals surface area contributed by atoms with Crippen molar-refractivity contribution in [3.05, 3.63) is 11.4 Å². The van der Waals surface area contributed by atoms with Crippen LogP contribution in [0, 0.1) is 6.92 Å². The van der Waals surface area contributed by atoms with Crippen molar-refractivity contribution in [3.63, 3.8) is 0 Å². The van der Waals surface area contributed by atoms with Crippen LogP contribution in [0.2, 0.25) is 0 Å². The summed E-state index contributed by atoms with van der Waals surface area (Å²) in [6.45, 7) is 11.4. The second kappa shape index (κ2) is 6.39. The van der Waals surface area contributed by atoms with Gasteiger partial charge in [0.25, 0.3) is 0 Å². The zero-order chi connectivity index (χ0) is 15.5. The molecule has 0 aromatic carbocycles. The minimum atomic E-state index is -0.106. The van der Waals surface area contributed by atoms with Crippen LogP contribution in [0.4, 0.5) is 11.6 Å². The molecule has 1 heterocycles. The summed E-state index contributed by atoms with van der Waals surface area (Å²) in [5, 5.41) is 3.46. The molecule has 0 aliphatic carbocycles. The molecule has 0 amide bonds. The van der Waals surface area contributed by atoms with Gasteiger partial charge in [-0.1, -0.05) is 20.8 Å². The lowest BCUT2D eigenvalue weighted by Gasteiger charge is -2.22. The molecule has 0 fully saturated rings. The van der Waals surface area contributed by atoms with Crippen LogP contribution in [0.25, 0.3) is 0 Å². The highest BCUT2D eigenvalue weighted by molar-refractivity contribution is 5.55. The second-order valence-electron chi connectivity index (χ2n) is 6.79. The highest BCUT2D eigenvalue weighted by Crippen LogP contribution is 2.25. The molecule has 1 aromatic rings. The lowest BCUT2D eigenvalue weighted by molar-refractivity contribution is 0.390. The van der Waals surface area contributed by atoms with E-state index in [-0.39, 0.29) is 5.41 Å². The third-order valence-electron chi connectivity index (χ3n) is 3.25. The fourth-order valence-electron chi connectivity index (χ4n) is 1.77. The third kappa shape index (κ3) is 4.63. The van der Waals surface area contributed by atoms with Crippen LogP contribution in [0.15, 0.2) is 0 Å². The standard InChI is InChI=1S/C15H29N5/c1-10(8-9-20(6)7)17-13-11(2)12(16)18-14(19-13)15(3,4)5/h10H,8-9H2,1-7H3,(H3,16,17,18,19). The quantitative estimate of drug-likeness (QED) is 0.866. The molecule has 1 rings (SSSR count). The Morgan fingerprint density at radius 1 is 1.25 bits per heavy atom. The van der Waals surface area contributed by atoms with Gasteiger partial charge in [-0.15, -0.1) is 0 Å². The molecule has 1 aromatic heterocycles. The first-order valence-electron chi connectivity index (χ1n) is 7.17. The molecule has 1 unspecified atom stereocenters. The van der Waals surface area contributed by atoms with Crippen molar-refractivity contribution >= 4 is 11.6 Å². The molecule has 0 saturated carbocycles. The van der Waals surface area contributed by atoms with Crippen molar-refractivity contribution in [1.82, 2.24) is 14.9 Å². The number of rotatable bonds is 5. The molecular weight excluding hydrogens is 250 g/mol. The van der Waals surface area contributed by atoms with Gasteiger partial charge in [-0.25, -0.2) is 9.97 Å². The Kier molecular flexibility index (Phi) is 5.34. The van der Waals surface area contributed by atoms with E-state index in [0.717, 1.165) is 30.2 Å². The van der Waals surface area contributed by atoms with Crippen molar-refractivity contribution in [2.45, 2.75) is 52.5 Å². The molecule has 1 atom stereocenters. The van der Waals surface area contributed by atoms with Crippen LogP contribution in [0.3, 0.4) is 0 Å². The first-order chi connectivity index (χ1) is 9.11. The molecule has 0 saturated heterocycles. The molecule has 0 spiro atoms. The summed E-state index contributed by atoms with van der Waals surface area (Å²) in [7, 11) is 4.16.